The standard InChI is InChI=1S/C53H99N3O27/c1-35-44(63)47(66)38(29-57)81-50(35)78-26-23-72-20-17-69-14-8-54-41(60)5-11-76-33-53(4,7-13-75-32-43(62)56-10-16-71-19-22-74-25-28-80-52-37(3)46(65)49(68)40(31-59)83-52)34-77-12-6-42(61)55-9-15-70-18-21-73-24-27-79-51-36(2)45(64)48(67)39(30-58)82-51/h35-40,44-52,57-59,63-68H,5-34H2,1-4H3,(H,54,60)(H,55,61)(H,56,62). The van der Waals surface area contributed by atoms with Crippen molar-refractivity contribution in [1.29, 1.82) is 0 Å². The van der Waals surface area contributed by atoms with E-state index in [2.05, 4.69) is 16.0 Å². The zero-order chi connectivity index (χ0) is 60.8. The fourth-order valence-corrected chi connectivity index (χ4v) is 8.52. The summed E-state index contributed by atoms with van der Waals surface area (Å²) in [7, 11) is 0. The van der Waals surface area contributed by atoms with Crippen molar-refractivity contribution in [3.63, 3.8) is 0 Å². The highest BCUT2D eigenvalue weighted by molar-refractivity contribution is 5.77. The van der Waals surface area contributed by atoms with Crippen LogP contribution in [0.1, 0.15) is 47.0 Å². The van der Waals surface area contributed by atoms with Crippen molar-refractivity contribution in [2.24, 2.45) is 23.2 Å². The van der Waals surface area contributed by atoms with E-state index < -0.39 is 117 Å². The smallest absolute Gasteiger partial charge is 0.246 e. The Balaban J connectivity index is 1.26. The average Bonchev–Trinajstić information content (AvgIpc) is 3.53. The Bertz CT molecular complexity index is 1500. The van der Waals surface area contributed by atoms with Gasteiger partial charge in [0.2, 0.25) is 17.7 Å². The van der Waals surface area contributed by atoms with Gasteiger partial charge in [-0.25, -0.2) is 0 Å². The molecule has 0 spiro atoms. The summed E-state index contributed by atoms with van der Waals surface area (Å²) in [6.45, 7) is 10.3. The summed E-state index contributed by atoms with van der Waals surface area (Å²) in [5.74, 6) is -2.34. The second kappa shape index (κ2) is 44.0. The molecule has 3 saturated heterocycles. The number of ether oxygens (including phenoxy) is 15. The second-order valence-corrected chi connectivity index (χ2v) is 20.8. The summed E-state index contributed by atoms with van der Waals surface area (Å²) in [5.41, 5.74) is -0.624. The fraction of sp³-hybridized carbons (Fsp3) is 0.943. The molecule has 0 aromatic heterocycles. The van der Waals surface area contributed by atoms with Crippen LogP contribution in [0, 0.1) is 23.2 Å². The third kappa shape index (κ3) is 29.8. The molecule has 3 aliphatic rings. The molecule has 3 rings (SSSR count). The molecule has 30 nitrogen and oxygen atoms in total. The SMILES string of the molecule is CC1C(OCCOCCOCCNC(=O)CCOCC(C)(CCOCC(=O)NCCOCCOCCOC2OC(CO)C(O)C(O)C2C)COCCC(=O)NCCOCCOCCOC2OC(CO)C(O)C(O)C2C)OC(CO)C(O)C1O. The van der Waals surface area contributed by atoms with E-state index in [0.29, 0.717) is 6.42 Å². The van der Waals surface area contributed by atoms with Crippen molar-refractivity contribution in [3.05, 3.63) is 0 Å². The summed E-state index contributed by atoms with van der Waals surface area (Å²) >= 11 is 0. The Morgan fingerprint density at radius 2 is 0.687 bits per heavy atom. The minimum atomic E-state index is -1.21. The summed E-state index contributed by atoms with van der Waals surface area (Å²) in [6.07, 6.45) is -11.6. The number of aliphatic hydroxyl groups excluding tert-OH is 9. The molecule has 3 amide bonds. The molecule has 15 atom stereocenters. The monoisotopic (exact) mass is 1210 g/mol. The molecule has 3 aliphatic heterocycles. The quantitative estimate of drug-likeness (QED) is 0.0254. The van der Waals surface area contributed by atoms with Gasteiger partial charge in [-0.1, -0.05) is 27.7 Å². The minimum Gasteiger partial charge on any atom is -0.394 e. The first-order valence-electron chi connectivity index (χ1n) is 28.7. The molecule has 0 radical (unpaired) electrons. The van der Waals surface area contributed by atoms with Crippen LogP contribution >= 0.6 is 0 Å². The lowest BCUT2D eigenvalue weighted by atomic mass is 9.89. The minimum absolute atomic E-state index is 0.0803. The molecule has 15 unspecified atom stereocenters. The predicted octanol–water partition coefficient (Wildman–Crippen LogP) is -5.06. The van der Waals surface area contributed by atoms with Crippen LogP contribution in [0.15, 0.2) is 0 Å². The molecule has 0 aromatic carbocycles. The third-order valence-corrected chi connectivity index (χ3v) is 13.8. The highest BCUT2D eigenvalue weighted by atomic mass is 16.7. The van der Waals surface area contributed by atoms with Crippen molar-refractivity contribution in [3.8, 4) is 0 Å². The second-order valence-electron chi connectivity index (χ2n) is 20.8. The lowest BCUT2D eigenvalue weighted by molar-refractivity contribution is -0.284. The van der Waals surface area contributed by atoms with Gasteiger partial charge in [0.1, 0.15) is 43.2 Å². The zero-order valence-electron chi connectivity index (χ0n) is 48.7. The predicted molar refractivity (Wildman–Crippen MR) is 287 cm³/mol. The summed E-state index contributed by atoms with van der Waals surface area (Å²) in [5, 5.41) is 96.9. The van der Waals surface area contributed by atoms with Crippen molar-refractivity contribution in [2.75, 3.05) is 178 Å². The Kier molecular flexibility index (Phi) is 39.6. The first-order valence-corrected chi connectivity index (χ1v) is 28.7. The number of carbonyl (C=O) groups excluding carboxylic acids is 3. The van der Waals surface area contributed by atoms with Gasteiger partial charge < -0.3 is 133 Å². The van der Waals surface area contributed by atoms with E-state index >= 15 is 0 Å². The Morgan fingerprint density at radius 1 is 0.386 bits per heavy atom. The van der Waals surface area contributed by atoms with Crippen LogP contribution < -0.4 is 16.0 Å². The molecule has 3 heterocycles. The largest absolute Gasteiger partial charge is 0.394 e. The molecule has 83 heavy (non-hydrogen) atoms. The first kappa shape index (κ1) is 74.7. The topological polar surface area (TPSA) is 408 Å². The van der Waals surface area contributed by atoms with Gasteiger partial charge in [-0.05, 0) is 6.42 Å². The molecule has 488 valence electrons. The number of hydrogen-bond donors (Lipinski definition) is 12. The van der Waals surface area contributed by atoms with E-state index in [1.165, 1.54) is 0 Å². The van der Waals surface area contributed by atoms with E-state index in [9.17, 15) is 60.3 Å². The summed E-state index contributed by atoms with van der Waals surface area (Å²) in [4.78, 5) is 37.6. The van der Waals surface area contributed by atoms with Crippen LogP contribution in [0.4, 0.5) is 0 Å². The van der Waals surface area contributed by atoms with Crippen LogP contribution in [0.2, 0.25) is 0 Å². The van der Waals surface area contributed by atoms with E-state index in [-0.39, 0.29) is 189 Å². The van der Waals surface area contributed by atoms with Crippen LogP contribution in [-0.4, -0.2) is 316 Å². The Morgan fingerprint density at radius 3 is 1.01 bits per heavy atom. The van der Waals surface area contributed by atoms with Crippen LogP contribution in [0.5, 0.6) is 0 Å². The maximum atomic E-state index is 12.5. The van der Waals surface area contributed by atoms with Gasteiger partial charge in [0.05, 0.1) is 164 Å². The molecule has 30 heteroatoms. The number of carbonyl (C=O) groups is 3. The molecule has 3 fully saturated rings. The normalized spacial score (nSPS) is 29.1. The summed E-state index contributed by atoms with van der Waals surface area (Å²) in [6, 6.07) is 0. The number of hydrogen-bond acceptors (Lipinski definition) is 27. The fourth-order valence-electron chi connectivity index (χ4n) is 8.52. The number of aliphatic hydroxyl groups is 9. The van der Waals surface area contributed by atoms with Crippen molar-refractivity contribution in [2.45, 2.75) is 121 Å². The van der Waals surface area contributed by atoms with Gasteiger partial charge in [-0.15, -0.1) is 0 Å². The van der Waals surface area contributed by atoms with Gasteiger partial charge in [-0.2, -0.15) is 0 Å². The first-order chi connectivity index (χ1) is 40.0. The maximum Gasteiger partial charge on any atom is 0.246 e. The lowest BCUT2D eigenvalue weighted by Crippen LogP contribution is -2.55. The Labute approximate surface area is 486 Å². The molecule has 0 bridgehead atoms. The van der Waals surface area contributed by atoms with Gasteiger partial charge >= 0.3 is 0 Å². The highest BCUT2D eigenvalue weighted by Gasteiger charge is 2.44. The van der Waals surface area contributed by atoms with Crippen molar-refractivity contribution < 1.29 is 131 Å². The maximum absolute atomic E-state index is 12.5. The van der Waals surface area contributed by atoms with Gasteiger partial charge in [0.15, 0.2) is 18.9 Å². The van der Waals surface area contributed by atoms with E-state index in [1.807, 2.05) is 6.92 Å². The average molecular weight is 1210 g/mol. The highest BCUT2D eigenvalue weighted by Crippen LogP contribution is 2.29. The summed E-state index contributed by atoms with van der Waals surface area (Å²) < 4.78 is 84.0. The molecule has 12 N–H and O–H groups in total. The third-order valence-electron chi connectivity index (χ3n) is 13.8. The number of rotatable bonds is 48. The van der Waals surface area contributed by atoms with Crippen LogP contribution in [-0.2, 0) is 85.4 Å². The molecular weight excluding hydrogens is 1110 g/mol. The van der Waals surface area contributed by atoms with Crippen LogP contribution in [0.3, 0.4) is 0 Å². The lowest BCUT2D eigenvalue weighted by Gasteiger charge is -2.40. The van der Waals surface area contributed by atoms with Crippen molar-refractivity contribution in [1.82, 2.24) is 16.0 Å². The molecule has 0 aliphatic carbocycles. The van der Waals surface area contributed by atoms with Gasteiger partial charge in [0, 0.05) is 62.3 Å². The Hall–Kier alpha value is -2.55. The van der Waals surface area contributed by atoms with E-state index in [1.54, 1.807) is 20.8 Å². The molecule has 0 saturated carbocycles. The molecular formula is C53H99N3O27. The van der Waals surface area contributed by atoms with Gasteiger partial charge in [0.25, 0.3) is 0 Å². The zero-order valence-corrected chi connectivity index (χ0v) is 48.7. The van der Waals surface area contributed by atoms with E-state index in [0.717, 1.165) is 0 Å². The van der Waals surface area contributed by atoms with Crippen molar-refractivity contribution >= 4 is 17.7 Å². The van der Waals surface area contributed by atoms with E-state index in [4.69, 9.17) is 71.1 Å². The van der Waals surface area contributed by atoms with Gasteiger partial charge in [-0.3, -0.25) is 14.4 Å². The van der Waals surface area contributed by atoms with Crippen LogP contribution in [0.25, 0.3) is 0 Å². The molecule has 0 aromatic rings. The number of nitrogens with one attached hydrogen (secondary N) is 3. The number of amides is 3.